The average Bonchev–Trinajstić information content (AvgIpc) is 3.26. The van der Waals surface area contributed by atoms with Crippen LogP contribution in [0.2, 0.25) is 0 Å². The van der Waals surface area contributed by atoms with E-state index in [9.17, 15) is 4.79 Å². The summed E-state index contributed by atoms with van der Waals surface area (Å²) in [6.07, 6.45) is 3.80. The molecular weight excluding hydrogens is 354 g/mol. The Bertz CT molecular complexity index is 1030. The first-order valence-electron chi connectivity index (χ1n) is 9.01. The van der Waals surface area contributed by atoms with Crippen molar-refractivity contribution in [3.8, 4) is 10.4 Å². The molecule has 1 N–H and O–H groups in total. The molecule has 0 fully saturated rings. The molecule has 2 aromatic carbocycles. The van der Waals surface area contributed by atoms with Gasteiger partial charge in [-0.25, -0.2) is 4.98 Å². The van der Waals surface area contributed by atoms with Crippen LogP contribution in [0.15, 0.2) is 67.0 Å². The van der Waals surface area contributed by atoms with Crippen LogP contribution in [0, 0.1) is 0 Å². The molecule has 136 valence electrons. The summed E-state index contributed by atoms with van der Waals surface area (Å²) >= 11 is 1.58. The van der Waals surface area contributed by atoms with Crippen LogP contribution in [0.4, 0.5) is 0 Å². The normalized spacial score (nSPS) is 11.2. The summed E-state index contributed by atoms with van der Waals surface area (Å²) in [5.41, 5.74) is 3.98. The molecule has 0 atom stereocenters. The summed E-state index contributed by atoms with van der Waals surface area (Å²) in [6.45, 7) is 4.84. The lowest BCUT2D eigenvalue weighted by atomic mass is 10.0. The number of nitrogens with one attached hydrogen (secondary N) is 1. The fraction of sp³-hybridized carbons (Fsp3) is 0.182. The first-order valence-corrected chi connectivity index (χ1v) is 9.83. The number of hydrogen-bond donors (Lipinski definition) is 1. The van der Waals surface area contributed by atoms with E-state index in [4.69, 9.17) is 0 Å². The first-order chi connectivity index (χ1) is 13.1. The summed E-state index contributed by atoms with van der Waals surface area (Å²) < 4.78 is 1.92. The number of amides is 1. The monoisotopic (exact) mass is 375 g/mol. The predicted octanol–water partition coefficient (Wildman–Crippen LogP) is 5.12. The minimum absolute atomic E-state index is 0.153. The van der Waals surface area contributed by atoms with Gasteiger partial charge < -0.3 is 5.32 Å². The Labute approximate surface area is 162 Å². The molecule has 4 aromatic rings. The Morgan fingerprint density at radius 1 is 1.07 bits per heavy atom. The van der Waals surface area contributed by atoms with E-state index in [0.29, 0.717) is 18.2 Å². The summed E-state index contributed by atoms with van der Waals surface area (Å²) in [6, 6.07) is 18.5. The van der Waals surface area contributed by atoms with Gasteiger partial charge in [-0.1, -0.05) is 79.8 Å². The van der Waals surface area contributed by atoms with Crippen LogP contribution in [0.25, 0.3) is 15.4 Å². The van der Waals surface area contributed by atoms with E-state index in [0.717, 1.165) is 21.0 Å². The lowest BCUT2D eigenvalue weighted by molar-refractivity contribution is 0.0946. The topological polar surface area (TPSA) is 46.4 Å². The van der Waals surface area contributed by atoms with Gasteiger partial charge in [0.25, 0.3) is 5.91 Å². The van der Waals surface area contributed by atoms with E-state index < -0.39 is 0 Å². The molecular formula is C22H21N3OS. The van der Waals surface area contributed by atoms with Crippen molar-refractivity contribution >= 4 is 22.2 Å². The average molecular weight is 375 g/mol. The molecule has 0 unspecified atom stereocenters. The lowest BCUT2D eigenvalue weighted by Gasteiger charge is -2.07. The molecule has 1 amide bonds. The van der Waals surface area contributed by atoms with Gasteiger partial charge in [0.05, 0.1) is 4.88 Å². The molecule has 0 aliphatic heterocycles. The van der Waals surface area contributed by atoms with Crippen LogP contribution < -0.4 is 5.32 Å². The highest BCUT2D eigenvalue weighted by Crippen LogP contribution is 2.28. The molecule has 5 heteroatoms. The van der Waals surface area contributed by atoms with E-state index in [2.05, 4.69) is 60.5 Å². The van der Waals surface area contributed by atoms with Crippen LogP contribution >= 0.6 is 11.3 Å². The molecule has 2 aromatic heterocycles. The summed E-state index contributed by atoms with van der Waals surface area (Å²) in [5.74, 6) is 0.355. The number of fused-ring (bicyclic) bond motifs is 1. The fourth-order valence-electron chi connectivity index (χ4n) is 2.93. The molecule has 0 saturated carbocycles. The standard InChI is InChI=1S/C22H21N3OS/c1-15(2)17-10-8-16(9-11-17)12-23-21(26)19-13-25-14-20(27-22(25)24-19)18-6-4-3-5-7-18/h3-11,13-15H,12H2,1-2H3,(H,23,26). The highest BCUT2D eigenvalue weighted by molar-refractivity contribution is 7.20. The van der Waals surface area contributed by atoms with Gasteiger partial charge in [0, 0.05) is 18.9 Å². The molecule has 0 aliphatic rings. The van der Waals surface area contributed by atoms with E-state index in [1.807, 2.05) is 28.8 Å². The Hall–Kier alpha value is -2.92. The summed E-state index contributed by atoms with van der Waals surface area (Å²) in [5, 5.41) is 2.95. The van der Waals surface area contributed by atoms with Crippen molar-refractivity contribution < 1.29 is 4.79 Å². The molecule has 0 radical (unpaired) electrons. The van der Waals surface area contributed by atoms with Crippen molar-refractivity contribution in [3.63, 3.8) is 0 Å². The maximum Gasteiger partial charge on any atom is 0.271 e. The van der Waals surface area contributed by atoms with Crippen molar-refractivity contribution in [1.82, 2.24) is 14.7 Å². The van der Waals surface area contributed by atoms with E-state index in [1.165, 1.54) is 5.56 Å². The Balaban J connectivity index is 1.44. The van der Waals surface area contributed by atoms with Crippen molar-refractivity contribution in [2.75, 3.05) is 0 Å². The van der Waals surface area contributed by atoms with Gasteiger partial charge in [-0.15, -0.1) is 0 Å². The van der Waals surface area contributed by atoms with Gasteiger partial charge in [-0.05, 0) is 22.6 Å². The third-order valence-corrected chi connectivity index (χ3v) is 5.59. The van der Waals surface area contributed by atoms with Crippen LogP contribution in [-0.4, -0.2) is 15.3 Å². The number of nitrogens with zero attached hydrogens (tertiary/aromatic N) is 2. The zero-order valence-electron chi connectivity index (χ0n) is 15.3. The molecule has 4 nitrogen and oxygen atoms in total. The maximum atomic E-state index is 12.4. The minimum atomic E-state index is -0.153. The van der Waals surface area contributed by atoms with E-state index in [1.54, 1.807) is 17.5 Å². The minimum Gasteiger partial charge on any atom is -0.347 e. The fourth-order valence-corrected chi connectivity index (χ4v) is 3.91. The third kappa shape index (κ3) is 3.78. The summed E-state index contributed by atoms with van der Waals surface area (Å²) in [7, 11) is 0. The van der Waals surface area contributed by atoms with Crippen molar-refractivity contribution in [2.45, 2.75) is 26.3 Å². The van der Waals surface area contributed by atoms with E-state index in [-0.39, 0.29) is 5.91 Å². The Morgan fingerprint density at radius 2 is 1.81 bits per heavy atom. The number of thiazole rings is 1. The van der Waals surface area contributed by atoms with Gasteiger partial charge in [0.15, 0.2) is 4.96 Å². The maximum absolute atomic E-state index is 12.4. The van der Waals surface area contributed by atoms with Gasteiger partial charge in [-0.3, -0.25) is 9.20 Å². The van der Waals surface area contributed by atoms with Gasteiger partial charge in [-0.2, -0.15) is 0 Å². The molecule has 2 heterocycles. The number of imidazole rings is 1. The second-order valence-corrected chi connectivity index (χ2v) is 7.87. The van der Waals surface area contributed by atoms with Crippen molar-refractivity contribution in [1.29, 1.82) is 0 Å². The quantitative estimate of drug-likeness (QED) is 0.526. The number of carbonyl (C=O) groups excluding carboxylic acids is 1. The Kier molecular flexibility index (Phi) is 4.77. The molecule has 0 spiro atoms. The molecule has 0 bridgehead atoms. The first kappa shape index (κ1) is 17.5. The van der Waals surface area contributed by atoms with Crippen molar-refractivity contribution in [3.05, 3.63) is 83.8 Å². The SMILES string of the molecule is CC(C)c1ccc(CNC(=O)c2cn3cc(-c4ccccc4)sc3n2)cc1. The number of hydrogen-bond acceptors (Lipinski definition) is 3. The number of benzene rings is 2. The summed E-state index contributed by atoms with van der Waals surface area (Å²) in [4.78, 5) is 18.9. The second-order valence-electron chi connectivity index (χ2n) is 6.86. The lowest BCUT2D eigenvalue weighted by Crippen LogP contribution is -2.23. The molecule has 4 rings (SSSR count). The molecule has 0 saturated heterocycles. The van der Waals surface area contributed by atoms with E-state index >= 15 is 0 Å². The van der Waals surface area contributed by atoms with Crippen LogP contribution in [-0.2, 0) is 6.54 Å². The Morgan fingerprint density at radius 3 is 2.48 bits per heavy atom. The second kappa shape index (κ2) is 7.37. The molecule has 0 aliphatic carbocycles. The predicted molar refractivity (Wildman–Crippen MR) is 110 cm³/mol. The molecule has 27 heavy (non-hydrogen) atoms. The van der Waals surface area contributed by atoms with Crippen LogP contribution in [0.5, 0.6) is 0 Å². The number of carbonyl (C=O) groups is 1. The van der Waals surface area contributed by atoms with Gasteiger partial charge in [0.2, 0.25) is 0 Å². The highest BCUT2D eigenvalue weighted by Gasteiger charge is 2.13. The van der Waals surface area contributed by atoms with Gasteiger partial charge in [0.1, 0.15) is 5.69 Å². The zero-order valence-corrected chi connectivity index (χ0v) is 16.2. The van der Waals surface area contributed by atoms with Crippen molar-refractivity contribution in [2.24, 2.45) is 0 Å². The smallest absolute Gasteiger partial charge is 0.271 e. The number of rotatable bonds is 5. The van der Waals surface area contributed by atoms with Crippen LogP contribution in [0.1, 0.15) is 41.4 Å². The number of aromatic nitrogens is 2. The largest absolute Gasteiger partial charge is 0.347 e. The van der Waals surface area contributed by atoms with Gasteiger partial charge >= 0.3 is 0 Å². The zero-order chi connectivity index (χ0) is 18.8. The third-order valence-electron chi connectivity index (χ3n) is 4.55. The highest BCUT2D eigenvalue weighted by atomic mass is 32.1. The van der Waals surface area contributed by atoms with Crippen LogP contribution in [0.3, 0.4) is 0 Å².